The van der Waals surface area contributed by atoms with E-state index in [0.29, 0.717) is 23.2 Å². The molecule has 2 N–H and O–H groups in total. The number of carbonyl (C=O) groups is 2. The van der Waals surface area contributed by atoms with Crippen molar-refractivity contribution in [3.8, 4) is 11.5 Å². The molecule has 2 aromatic heterocycles. The first-order chi connectivity index (χ1) is 13.4. The Balaban J connectivity index is 1.56. The molecule has 0 saturated heterocycles. The van der Waals surface area contributed by atoms with Gasteiger partial charge in [0.05, 0.1) is 12.3 Å². The van der Waals surface area contributed by atoms with Crippen molar-refractivity contribution in [2.45, 2.75) is 13.0 Å². The van der Waals surface area contributed by atoms with Gasteiger partial charge in [-0.2, -0.15) is 0 Å². The number of anilines is 1. The average molecular weight is 383 g/mol. The molecule has 146 valence electrons. The highest BCUT2D eigenvalue weighted by Gasteiger charge is 2.20. The first-order valence-corrected chi connectivity index (χ1v) is 8.63. The fraction of sp³-hybridized carbons (Fsp3) is 0.263. The van der Waals surface area contributed by atoms with E-state index in [1.807, 2.05) is 25.1 Å². The van der Waals surface area contributed by atoms with E-state index in [-0.39, 0.29) is 12.6 Å². The molecule has 0 bridgehead atoms. The second-order valence-corrected chi connectivity index (χ2v) is 6.36. The first-order valence-electron chi connectivity index (χ1n) is 8.63. The number of nitrogens with one attached hydrogen (secondary N) is 2. The van der Waals surface area contributed by atoms with Crippen LogP contribution in [-0.2, 0) is 9.59 Å². The van der Waals surface area contributed by atoms with Crippen LogP contribution in [0.2, 0.25) is 0 Å². The number of likely N-dealkylation sites (N-methyl/N-ethyl adjacent to an activating group) is 1. The molecule has 0 aliphatic rings. The molecule has 0 fully saturated rings. The van der Waals surface area contributed by atoms with Gasteiger partial charge in [-0.05, 0) is 50.5 Å². The Bertz CT molecular complexity index is 932. The van der Waals surface area contributed by atoms with Gasteiger partial charge in [-0.25, -0.2) is 0 Å². The highest BCUT2D eigenvalue weighted by Crippen LogP contribution is 2.20. The van der Waals surface area contributed by atoms with E-state index < -0.39 is 11.8 Å². The maximum Gasteiger partial charge on any atom is 0.313 e. The first kappa shape index (κ1) is 19.3. The van der Waals surface area contributed by atoms with Gasteiger partial charge < -0.3 is 19.5 Å². The molecule has 0 unspecified atom stereocenters. The summed E-state index contributed by atoms with van der Waals surface area (Å²) in [6.45, 7) is 1.94. The van der Waals surface area contributed by atoms with Crippen molar-refractivity contribution < 1.29 is 18.4 Å². The number of furan rings is 1. The molecule has 0 saturated carbocycles. The van der Waals surface area contributed by atoms with Crippen molar-refractivity contribution in [2.24, 2.45) is 0 Å². The van der Waals surface area contributed by atoms with Crippen LogP contribution in [0.1, 0.15) is 17.7 Å². The van der Waals surface area contributed by atoms with Crippen molar-refractivity contribution in [1.29, 1.82) is 0 Å². The Hall–Kier alpha value is -3.46. The number of rotatable bonds is 6. The standard InChI is InChI=1S/C19H21N5O4/c1-12-22-23-19(28-12)13-6-8-14(9-7-13)21-18(26)17(25)20-11-15(24(2)3)16-5-4-10-27-16/h4-10,15H,11H2,1-3H3,(H,20,25)(H,21,26)/t15-/m0/s1. The third kappa shape index (κ3) is 4.63. The summed E-state index contributed by atoms with van der Waals surface area (Å²) in [6.07, 6.45) is 1.57. The number of hydrogen-bond acceptors (Lipinski definition) is 7. The average Bonchev–Trinajstić information content (AvgIpc) is 3.34. The Kier molecular flexibility index (Phi) is 5.85. The highest BCUT2D eigenvalue weighted by molar-refractivity contribution is 6.39. The largest absolute Gasteiger partial charge is 0.468 e. The predicted octanol–water partition coefficient (Wildman–Crippen LogP) is 2.00. The van der Waals surface area contributed by atoms with Crippen LogP contribution < -0.4 is 10.6 Å². The summed E-state index contributed by atoms with van der Waals surface area (Å²) in [4.78, 5) is 26.2. The molecular weight excluding hydrogens is 362 g/mol. The molecule has 1 aromatic carbocycles. The third-order valence-corrected chi connectivity index (χ3v) is 4.07. The molecular formula is C19H21N5O4. The highest BCUT2D eigenvalue weighted by atomic mass is 16.4. The normalized spacial score (nSPS) is 12.0. The zero-order chi connectivity index (χ0) is 20.1. The lowest BCUT2D eigenvalue weighted by Crippen LogP contribution is -2.40. The molecule has 9 heteroatoms. The Morgan fingerprint density at radius 1 is 1.11 bits per heavy atom. The maximum atomic E-state index is 12.1. The zero-order valence-corrected chi connectivity index (χ0v) is 15.8. The number of nitrogens with zero attached hydrogens (tertiary/aromatic N) is 3. The van der Waals surface area contributed by atoms with Gasteiger partial charge in [0.1, 0.15) is 5.76 Å². The van der Waals surface area contributed by atoms with Gasteiger partial charge >= 0.3 is 11.8 Å². The van der Waals surface area contributed by atoms with E-state index >= 15 is 0 Å². The van der Waals surface area contributed by atoms with Gasteiger partial charge in [-0.15, -0.1) is 10.2 Å². The summed E-state index contributed by atoms with van der Waals surface area (Å²) in [5, 5.41) is 12.9. The molecule has 2 amide bonds. The third-order valence-electron chi connectivity index (χ3n) is 4.07. The number of amides is 2. The van der Waals surface area contributed by atoms with Crippen LogP contribution in [0.25, 0.3) is 11.5 Å². The minimum Gasteiger partial charge on any atom is -0.468 e. The Morgan fingerprint density at radius 2 is 1.86 bits per heavy atom. The topological polar surface area (TPSA) is 114 Å². The maximum absolute atomic E-state index is 12.1. The Morgan fingerprint density at radius 3 is 2.43 bits per heavy atom. The van der Waals surface area contributed by atoms with Crippen molar-refractivity contribution in [3.63, 3.8) is 0 Å². The molecule has 0 radical (unpaired) electrons. The molecule has 3 aromatic rings. The zero-order valence-electron chi connectivity index (χ0n) is 15.8. The van der Waals surface area contributed by atoms with Crippen molar-refractivity contribution in [3.05, 3.63) is 54.3 Å². The summed E-state index contributed by atoms with van der Waals surface area (Å²) in [7, 11) is 3.73. The van der Waals surface area contributed by atoms with Crippen molar-refractivity contribution in [2.75, 3.05) is 26.0 Å². The number of benzene rings is 1. The molecule has 0 aliphatic carbocycles. The number of carbonyl (C=O) groups excluding carboxylic acids is 2. The van der Waals surface area contributed by atoms with E-state index in [9.17, 15) is 9.59 Å². The lowest BCUT2D eigenvalue weighted by atomic mass is 10.2. The molecule has 0 spiro atoms. The summed E-state index contributed by atoms with van der Waals surface area (Å²) in [5.41, 5.74) is 1.20. The summed E-state index contributed by atoms with van der Waals surface area (Å²) >= 11 is 0. The molecule has 0 aliphatic heterocycles. The van der Waals surface area contributed by atoms with Crippen LogP contribution >= 0.6 is 0 Å². The van der Waals surface area contributed by atoms with Crippen LogP contribution in [-0.4, -0.2) is 47.6 Å². The minimum atomic E-state index is -0.752. The van der Waals surface area contributed by atoms with Crippen molar-refractivity contribution in [1.82, 2.24) is 20.4 Å². The van der Waals surface area contributed by atoms with Gasteiger partial charge in [0.25, 0.3) is 0 Å². The van der Waals surface area contributed by atoms with Crippen LogP contribution in [0.5, 0.6) is 0 Å². The smallest absolute Gasteiger partial charge is 0.313 e. The van der Waals surface area contributed by atoms with Crippen molar-refractivity contribution >= 4 is 17.5 Å². The van der Waals surface area contributed by atoms with Gasteiger partial charge in [0, 0.05) is 24.7 Å². The van der Waals surface area contributed by atoms with Gasteiger partial charge in [0.15, 0.2) is 0 Å². The van der Waals surface area contributed by atoms with E-state index in [1.54, 1.807) is 43.5 Å². The molecule has 1 atom stereocenters. The monoisotopic (exact) mass is 383 g/mol. The van der Waals surface area contributed by atoms with E-state index in [2.05, 4.69) is 20.8 Å². The molecule has 2 heterocycles. The predicted molar refractivity (Wildman–Crippen MR) is 101 cm³/mol. The van der Waals surface area contributed by atoms with Gasteiger partial charge in [-0.1, -0.05) is 0 Å². The van der Waals surface area contributed by atoms with Crippen LogP contribution in [0.3, 0.4) is 0 Å². The van der Waals surface area contributed by atoms with Gasteiger partial charge in [-0.3, -0.25) is 14.5 Å². The van der Waals surface area contributed by atoms with E-state index in [1.165, 1.54) is 0 Å². The minimum absolute atomic E-state index is 0.177. The number of aromatic nitrogens is 2. The number of aryl methyl sites for hydroxylation is 1. The fourth-order valence-corrected chi connectivity index (χ4v) is 2.59. The molecule has 3 rings (SSSR count). The quantitative estimate of drug-likeness (QED) is 0.626. The molecule has 9 nitrogen and oxygen atoms in total. The second kappa shape index (κ2) is 8.49. The Labute approximate surface area is 161 Å². The summed E-state index contributed by atoms with van der Waals surface area (Å²) in [5.74, 6) is 0.0845. The summed E-state index contributed by atoms with van der Waals surface area (Å²) in [6, 6.07) is 10.2. The van der Waals surface area contributed by atoms with Gasteiger partial charge in [0.2, 0.25) is 11.8 Å². The van der Waals surface area contributed by atoms with E-state index in [0.717, 1.165) is 5.56 Å². The lowest BCUT2D eigenvalue weighted by molar-refractivity contribution is -0.136. The van der Waals surface area contributed by atoms with Crippen LogP contribution in [0, 0.1) is 6.92 Å². The molecule has 28 heavy (non-hydrogen) atoms. The summed E-state index contributed by atoms with van der Waals surface area (Å²) < 4.78 is 10.7. The van der Waals surface area contributed by atoms with E-state index in [4.69, 9.17) is 8.83 Å². The lowest BCUT2D eigenvalue weighted by Gasteiger charge is -2.22. The SMILES string of the molecule is Cc1nnc(-c2ccc(NC(=O)C(=O)NC[C@@H](c3ccco3)N(C)C)cc2)o1. The fourth-order valence-electron chi connectivity index (χ4n) is 2.59. The van der Waals surface area contributed by atoms with Crippen LogP contribution in [0.15, 0.2) is 51.5 Å². The second-order valence-electron chi connectivity index (χ2n) is 6.36. The number of hydrogen-bond donors (Lipinski definition) is 2. The van der Waals surface area contributed by atoms with Crippen LogP contribution in [0.4, 0.5) is 5.69 Å².